The maximum Gasteiger partial charge on any atom is 0.430 e. The number of quaternary nitrogens is 2. The first-order valence-electron chi connectivity index (χ1n) is 17.5. The number of phenolic OH excluding ortho intramolecular Hbond substituents is 2. The molecule has 0 radical (unpaired) electrons. The van der Waals surface area contributed by atoms with Gasteiger partial charge in [-0.25, -0.2) is 0 Å². The molecule has 2 atom stereocenters. The number of unbranched alkanes of at least 4 members (excludes halogenated alkanes) is 2. The standard InChI is InChI=1S/C30H44N8O6.2C2HF3O2/c31-11-3-1-5-17(33)29(43)37-15-13-35-19-7-8-20(36-14-16-38-30(44)18(34)6-2-4-12-32)24-23(19)27(41)25-21(39)9-10-22(40)26(25)28(24)42;2*3-2(4,5)1(6)7/h7-10,17-18,35-36,39-40H,1-6,11-16,31-34H2,(H,37,43)(H,38,44);2*(H,6,7)/t17-,18-;;/m0../s1. The number of rotatable bonds is 18. The SMILES string of the molecule is NCCCC[C@H]([NH3+])C(=O)NCCNc1ccc(NCCNC(=O)[C@@H]([NH3+])CCCCN)c2c1C(=O)c1c(O)ccc(O)c1C2=O.O=C([O-])C(F)(F)F.O=C([O-])C(F)(F)F. The van der Waals surface area contributed by atoms with Crippen LogP contribution in [0.5, 0.6) is 11.5 Å². The average molecular weight is 841 g/mol. The molecule has 0 heterocycles. The van der Waals surface area contributed by atoms with E-state index in [1.54, 1.807) is 12.1 Å². The molecule has 324 valence electrons. The Morgan fingerprint density at radius 3 is 1.19 bits per heavy atom. The van der Waals surface area contributed by atoms with Crippen LogP contribution in [0.2, 0.25) is 0 Å². The van der Waals surface area contributed by atoms with Crippen molar-refractivity contribution < 1.29 is 87.0 Å². The number of amides is 2. The quantitative estimate of drug-likeness (QED) is 0.0347. The molecule has 1 aliphatic rings. The molecule has 3 rings (SSSR count). The van der Waals surface area contributed by atoms with E-state index >= 15 is 0 Å². The van der Waals surface area contributed by atoms with E-state index in [4.69, 9.17) is 31.3 Å². The second-order valence-electron chi connectivity index (χ2n) is 12.4. The maximum absolute atomic E-state index is 13.7. The van der Waals surface area contributed by atoms with Crippen molar-refractivity contribution in [2.75, 3.05) is 49.9 Å². The number of phenols is 2. The van der Waals surface area contributed by atoms with Crippen molar-refractivity contribution in [3.63, 3.8) is 0 Å². The molecule has 0 aromatic heterocycles. The van der Waals surface area contributed by atoms with E-state index in [1.807, 2.05) is 0 Å². The molecule has 24 heteroatoms. The summed E-state index contributed by atoms with van der Waals surface area (Å²) in [6, 6.07) is 4.74. The van der Waals surface area contributed by atoms with Gasteiger partial charge in [0.25, 0.3) is 11.8 Å². The molecular formula is C34H46F6N8O10. The van der Waals surface area contributed by atoms with Gasteiger partial charge in [-0.1, -0.05) is 0 Å². The molecule has 2 aromatic rings. The normalized spacial score (nSPS) is 12.9. The largest absolute Gasteiger partial charge is 0.542 e. The number of carbonyl (C=O) groups is 6. The number of nitrogens with two attached hydrogens (primary N) is 2. The van der Waals surface area contributed by atoms with Crippen molar-refractivity contribution in [1.82, 2.24) is 10.6 Å². The van der Waals surface area contributed by atoms with Gasteiger partial charge in [0.2, 0.25) is 11.6 Å². The number of carbonyl (C=O) groups excluding carboxylic acids is 6. The number of alkyl halides is 6. The highest BCUT2D eigenvalue weighted by Gasteiger charge is 2.38. The molecule has 2 aromatic carbocycles. The molecule has 2 amide bonds. The first kappa shape index (κ1) is 50.3. The lowest BCUT2D eigenvalue weighted by Gasteiger charge is -2.25. The van der Waals surface area contributed by atoms with Gasteiger partial charge >= 0.3 is 12.4 Å². The summed E-state index contributed by atoms with van der Waals surface area (Å²) in [7, 11) is 0. The lowest BCUT2D eigenvalue weighted by atomic mass is 9.81. The smallest absolute Gasteiger partial charge is 0.430 e. The van der Waals surface area contributed by atoms with Crippen LogP contribution in [-0.2, 0) is 19.2 Å². The van der Waals surface area contributed by atoms with E-state index in [2.05, 4.69) is 32.7 Å². The summed E-state index contributed by atoms with van der Waals surface area (Å²) >= 11 is 0. The third kappa shape index (κ3) is 15.7. The lowest BCUT2D eigenvalue weighted by molar-refractivity contribution is -0.405. The topological polar surface area (TPSA) is 344 Å². The van der Waals surface area contributed by atoms with Crippen LogP contribution in [0, 0.1) is 0 Å². The van der Waals surface area contributed by atoms with E-state index in [1.165, 1.54) is 0 Å². The number of aromatic hydroxyl groups is 2. The molecule has 58 heavy (non-hydrogen) atoms. The predicted octanol–water partition coefficient (Wildman–Crippen LogP) is -2.99. The van der Waals surface area contributed by atoms with Crippen molar-refractivity contribution in [2.45, 2.75) is 63.0 Å². The summed E-state index contributed by atoms with van der Waals surface area (Å²) in [6.07, 6.45) is -5.89. The van der Waals surface area contributed by atoms with Gasteiger partial charge in [0.05, 0.1) is 22.3 Å². The van der Waals surface area contributed by atoms with E-state index in [0.717, 1.165) is 37.8 Å². The van der Waals surface area contributed by atoms with Gasteiger partial charge in [0, 0.05) is 50.4 Å². The second kappa shape index (κ2) is 23.5. The molecule has 16 N–H and O–H groups in total. The van der Waals surface area contributed by atoms with Crippen molar-refractivity contribution in [2.24, 2.45) is 11.5 Å². The number of hydrogen-bond donors (Lipinski definition) is 10. The van der Waals surface area contributed by atoms with Crippen LogP contribution in [0.3, 0.4) is 0 Å². The number of aliphatic carboxylic acids is 2. The monoisotopic (exact) mass is 840 g/mol. The number of fused-ring (bicyclic) bond motifs is 2. The minimum atomic E-state index is -5.19. The zero-order chi connectivity index (χ0) is 44.4. The average Bonchev–Trinajstić information content (AvgIpc) is 3.14. The van der Waals surface area contributed by atoms with Crippen LogP contribution < -0.4 is 54.4 Å². The fraction of sp³-hybridized carbons (Fsp3) is 0.471. The van der Waals surface area contributed by atoms with Gasteiger partial charge < -0.3 is 74.2 Å². The van der Waals surface area contributed by atoms with Crippen LogP contribution in [0.15, 0.2) is 24.3 Å². The number of halogens is 6. The number of ketones is 2. The van der Waals surface area contributed by atoms with Gasteiger partial charge in [-0.05, 0) is 63.0 Å². The van der Waals surface area contributed by atoms with Crippen LogP contribution >= 0.6 is 0 Å². The molecule has 0 spiro atoms. The Bertz CT molecular complexity index is 1640. The summed E-state index contributed by atoms with van der Waals surface area (Å²) in [4.78, 5) is 69.7. The first-order chi connectivity index (χ1) is 27.0. The molecule has 0 bridgehead atoms. The summed E-state index contributed by atoms with van der Waals surface area (Å²) in [5.74, 6) is -8.53. The third-order valence-electron chi connectivity index (χ3n) is 7.97. The highest BCUT2D eigenvalue weighted by molar-refractivity contribution is 6.33. The summed E-state index contributed by atoms with van der Waals surface area (Å²) < 4.78 is 63.1. The number of carboxylic acids is 2. The zero-order valence-corrected chi connectivity index (χ0v) is 30.9. The van der Waals surface area contributed by atoms with Crippen molar-refractivity contribution in [1.29, 1.82) is 0 Å². The number of nitrogens with one attached hydrogen (secondary N) is 4. The molecule has 0 unspecified atom stereocenters. The molecule has 1 aliphatic carbocycles. The molecule has 0 saturated heterocycles. The third-order valence-corrected chi connectivity index (χ3v) is 7.97. The molecule has 18 nitrogen and oxygen atoms in total. The highest BCUT2D eigenvalue weighted by Crippen LogP contribution is 2.42. The number of carboxylic acid groups (broad SMARTS) is 2. The Labute approximate surface area is 326 Å². The number of anilines is 2. The number of benzene rings is 2. The van der Waals surface area contributed by atoms with Crippen LogP contribution in [0.4, 0.5) is 37.7 Å². The minimum absolute atomic E-state index is 0.0262. The van der Waals surface area contributed by atoms with Gasteiger partial charge in [0.1, 0.15) is 23.4 Å². The van der Waals surface area contributed by atoms with Gasteiger partial charge in [0.15, 0.2) is 12.1 Å². The van der Waals surface area contributed by atoms with Crippen molar-refractivity contribution in [3.05, 3.63) is 46.5 Å². The van der Waals surface area contributed by atoms with E-state index in [9.17, 15) is 55.7 Å². The van der Waals surface area contributed by atoms with Crippen molar-refractivity contribution >= 4 is 46.7 Å². The summed E-state index contributed by atoms with van der Waals surface area (Å²) in [5, 5.41) is 50.3. The van der Waals surface area contributed by atoms with Crippen LogP contribution in [0.25, 0.3) is 0 Å². The fourth-order valence-electron chi connectivity index (χ4n) is 5.05. The lowest BCUT2D eigenvalue weighted by Crippen LogP contribution is -2.67. The van der Waals surface area contributed by atoms with Crippen LogP contribution in [-0.4, -0.2) is 109 Å². The van der Waals surface area contributed by atoms with Crippen molar-refractivity contribution in [3.8, 4) is 11.5 Å². The Balaban J connectivity index is 0.00000102. The Kier molecular flexibility index (Phi) is 20.4. The Morgan fingerprint density at radius 2 is 0.914 bits per heavy atom. The molecule has 0 aliphatic heterocycles. The molecule has 0 fully saturated rings. The van der Waals surface area contributed by atoms with Crippen LogP contribution in [0.1, 0.15) is 70.4 Å². The first-order valence-corrected chi connectivity index (χ1v) is 17.5. The Hall–Kier alpha value is -5.72. The second-order valence-corrected chi connectivity index (χ2v) is 12.4. The minimum Gasteiger partial charge on any atom is -0.542 e. The predicted molar refractivity (Wildman–Crippen MR) is 187 cm³/mol. The maximum atomic E-state index is 13.7. The highest BCUT2D eigenvalue weighted by atomic mass is 19.4. The van der Waals surface area contributed by atoms with E-state index < -0.39 is 59.4 Å². The van der Waals surface area contributed by atoms with E-state index in [-0.39, 0.29) is 60.2 Å². The Morgan fingerprint density at radius 1 is 0.603 bits per heavy atom. The molecular weight excluding hydrogens is 794 g/mol. The molecule has 0 saturated carbocycles. The van der Waals surface area contributed by atoms with Gasteiger partial charge in [-0.3, -0.25) is 19.2 Å². The zero-order valence-electron chi connectivity index (χ0n) is 30.9. The van der Waals surface area contributed by atoms with E-state index in [0.29, 0.717) is 37.3 Å². The number of hydrogen-bond acceptors (Lipinski definition) is 14. The fourth-order valence-corrected chi connectivity index (χ4v) is 5.05. The summed E-state index contributed by atoms with van der Waals surface area (Å²) in [6.45, 7) is 2.07. The summed E-state index contributed by atoms with van der Waals surface area (Å²) in [5.41, 5.74) is 18.9. The van der Waals surface area contributed by atoms with Gasteiger partial charge in [-0.2, -0.15) is 26.3 Å². The van der Waals surface area contributed by atoms with Gasteiger partial charge in [-0.15, -0.1) is 0 Å².